The van der Waals surface area contributed by atoms with Gasteiger partial charge < -0.3 is 9.72 Å². The van der Waals surface area contributed by atoms with Gasteiger partial charge in [-0.3, -0.25) is 0 Å². The maximum absolute atomic E-state index is 5.51. The van der Waals surface area contributed by atoms with E-state index in [1.807, 2.05) is 0 Å². The summed E-state index contributed by atoms with van der Waals surface area (Å²) in [5.41, 5.74) is 1.49. The number of H-pyrrole nitrogens is 1. The van der Waals surface area contributed by atoms with E-state index in [4.69, 9.17) is 4.74 Å². The largest absolute Gasteiger partial charge is 0.463 e. The van der Waals surface area contributed by atoms with Crippen molar-refractivity contribution in [2.24, 2.45) is 0 Å². The van der Waals surface area contributed by atoms with E-state index >= 15 is 0 Å². The van der Waals surface area contributed by atoms with Crippen LogP contribution < -0.4 is 4.74 Å². The number of imidazole rings is 1. The van der Waals surface area contributed by atoms with Gasteiger partial charge >= 0.3 is 6.01 Å². The van der Waals surface area contributed by atoms with Gasteiger partial charge in [0.2, 0.25) is 0 Å². The lowest BCUT2D eigenvalue weighted by molar-refractivity contribution is 0.282. The molecule has 1 N–H and O–H groups in total. The molecular formula is C13H20N4O. The number of rotatable bonds is 8. The van der Waals surface area contributed by atoms with Crippen LogP contribution in [0.2, 0.25) is 0 Å². The summed E-state index contributed by atoms with van der Waals surface area (Å²) in [5.74, 6) is 0. The molecule has 0 amide bonds. The van der Waals surface area contributed by atoms with Crippen LogP contribution >= 0.6 is 0 Å². The van der Waals surface area contributed by atoms with Crippen molar-refractivity contribution in [3.8, 4) is 6.01 Å². The molecule has 5 nitrogen and oxygen atoms in total. The molecule has 0 fully saturated rings. The van der Waals surface area contributed by atoms with Crippen LogP contribution in [0, 0.1) is 0 Å². The maximum atomic E-state index is 5.51. The SMILES string of the molecule is CCCCCCCCOc1ncc2[nH]cnc2n1. The third-order valence-corrected chi connectivity index (χ3v) is 2.88. The van der Waals surface area contributed by atoms with Crippen molar-refractivity contribution in [2.75, 3.05) is 6.61 Å². The van der Waals surface area contributed by atoms with E-state index in [2.05, 4.69) is 26.9 Å². The van der Waals surface area contributed by atoms with Gasteiger partial charge in [-0.25, -0.2) is 9.97 Å². The number of nitrogens with zero attached hydrogens (tertiary/aromatic N) is 3. The van der Waals surface area contributed by atoms with Crippen LogP contribution in [0.5, 0.6) is 6.01 Å². The van der Waals surface area contributed by atoms with Crippen molar-refractivity contribution in [2.45, 2.75) is 45.4 Å². The molecule has 0 aliphatic heterocycles. The molecular weight excluding hydrogens is 228 g/mol. The van der Waals surface area contributed by atoms with E-state index in [-0.39, 0.29) is 0 Å². The highest BCUT2D eigenvalue weighted by Gasteiger charge is 2.02. The standard InChI is InChI=1S/C13H20N4O/c1-2-3-4-5-6-7-8-18-13-14-9-11-12(17-13)16-10-15-11/h9-10H,2-8H2,1H3,(H,14,15,16,17). The van der Waals surface area contributed by atoms with E-state index in [1.54, 1.807) is 12.5 Å². The quantitative estimate of drug-likeness (QED) is 0.729. The first-order chi connectivity index (χ1) is 8.90. The third-order valence-electron chi connectivity index (χ3n) is 2.88. The zero-order valence-corrected chi connectivity index (χ0v) is 10.9. The van der Waals surface area contributed by atoms with Gasteiger partial charge in [0.1, 0.15) is 5.52 Å². The van der Waals surface area contributed by atoms with Gasteiger partial charge in [-0.15, -0.1) is 0 Å². The van der Waals surface area contributed by atoms with E-state index in [0.717, 1.165) is 11.9 Å². The molecule has 0 aliphatic rings. The number of aromatic nitrogens is 4. The number of aromatic amines is 1. The molecule has 0 saturated carbocycles. The number of ether oxygens (including phenoxy) is 1. The predicted molar refractivity (Wildman–Crippen MR) is 70.6 cm³/mol. The molecule has 0 spiro atoms. The Morgan fingerprint density at radius 1 is 1.11 bits per heavy atom. The van der Waals surface area contributed by atoms with Crippen LogP contribution in [-0.2, 0) is 0 Å². The van der Waals surface area contributed by atoms with Crippen molar-refractivity contribution in [3.05, 3.63) is 12.5 Å². The minimum atomic E-state index is 0.420. The van der Waals surface area contributed by atoms with Crippen molar-refractivity contribution in [3.63, 3.8) is 0 Å². The molecule has 2 aromatic heterocycles. The summed E-state index contributed by atoms with van der Waals surface area (Å²) in [6.45, 7) is 2.91. The lowest BCUT2D eigenvalue weighted by atomic mass is 10.1. The molecule has 0 bridgehead atoms. The van der Waals surface area contributed by atoms with Gasteiger partial charge in [-0.05, 0) is 6.42 Å². The van der Waals surface area contributed by atoms with Crippen LogP contribution in [0.15, 0.2) is 12.5 Å². The zero-order valence-electron chi connectivity index (χ0n) is 10.9. The molecule has 2 aromatic rings. The van der Waals surface area contributed by atoms with Crippen molar-refractivity contribution >= 4 is 11.2 Å². The van der Waals surface area contributed by atoms with Crippen LogP contribution in [0.3, 0.4) is 0 Å². The summed E-state index contributed by atoms with van der Waals surface area (Å²) in [6.07, 6.45) is 10.8. The maximum Gasteiger partial charge on any atom is 0.318 e. The lowest BCUT2D eigenvalue weighted by Crippen LogP contribution is -2.01. The molecule has 5 heteroatoms. The number of hydrogen-bond donors (Lipinski definition) is 1. The summed E-state index contributed by atoms with van der Waals surface area (Å²) in [6, 6.07) is 0.420. The van der Waals surface area contributed by atoms with E-state index in [1.165, 1.54) is 32.1 Å². The highest BCUT2D eigenvalue weighted by molar-refractivity contribution is 5.68. The van der Waals surface area contributed by atoms with Gasteiger partial charge in [-0.2, -0.15) is 4.98 Å². The summed E-state index contributed by atoms with van der Waals surface area (Å²) >= 11 is 0. The average Bonchev–Trinajstić information content (AvgIpc) is 2.85. The van der Waals surface area contributed by atoms with Gasteiger partial charge in [0.05, 0.1) is 19.1 Å². The summed E-state index contributed by atoms with van der Waals surface area (Å²) in [5, 5.41) is 0. The van der Waals surface area contributed by atoms with Crippen molar-refractivity contribution < 1.29 is 4.74 Å². The third kappa shape index (κ3) is 3.68. The highest BCUT2D eigenvalue weighted by Crippen LogP contribution is 2.10. The van der Waals surface area contributed by atoms with Gasteiger partial charge in [-0.1, -0.05) is 39.0 Å². The normalized spacial score (nSPS) is 10.9. The van der Waals surface area contributed by atoms with E-state index in [0.29, 0.717) is 18.3 Å². The number of unbranched alkanes of at least 4 members (excludes halogenated alkanes) is 5. The Morgan fingerprint density at radius 2 is 1.94 bits per heavy atom. The first kappa shape index (κ1) is 12.8. The molecule has 18 heavy (non-hydrogen) atoms. The molecule has 2 rings (SSSR count). The summed E-state index contributed by atoms with van der Waals surface area (Å²) < 4.78 is 5.51. The Hall–Kier alpha value is -1.65. The Labute approximate surface area is 107 Å². The first-order valence-corrected chi connectivity index (χ1v) is 6.69. The molecule has 98 valence electrons. The molecule has 2 heterocycles. The molecule has 0 radical (unpaired) electrons. The number of nitrogens with one attached hydrogen (secondary N) is 1. The highest BCUT2D eigenvalue weighted by atomic mass is 16.5. The van der Waals surface area contributed by atoms with Gasteiger partial charge in [0.15, 0.2) is 5.65 Å². The van der Waals surface area contributed by atoms with Crippen LogP contribution in [0.1, 0.15) is 45.4 Å². The average molecular weight is 248 g/mol. The number of fused-ring (bicyclic) bond motifs is 1. The summed E-state index contributed by atoms with van der Waals surface area (Å²) in [4.78, 5) is 15.4. The molecule has 0 unspecified atom stereocenters. The van der Waals surface area contributed by atoms with Crippen molar-refractivity contribution in [1.29, 1.82) is 0 Å². The molecule has 0 aliphatic carbocycles. The summed E-state index contributed by atoms with van der Waals surface area (Å²) in [7, 11) is 0. The second-order valence-electron chi connectivity index (χ2n) is 4.41. The smallest absolute Gasteiger partial charge is 0.318 e. The van der Waals surface area contributed by atoms with E-state index < -0.39 is 0 Å². The molecule has 0 saturated heterocycles. The van der Waals surface area contributed by atoms with Crippen molar-refractivity contribution in [1.82, 2.24) is 19.9 Å². The zero-order chi connectivity index (χ0) is 12.6. The number of hydrogen-bond acceptors (Lipinski definition) is 4. The topological polar surface area (TPSA) is 63.7 Å². The van der Waals surface area contributed by atoms with Gasteiger partial charge in [0.25, 0.3) is 0 Å². The van der Waals surface area contributed by atoms with E-state index in [9.17, 15) is 0 Å². The molecule has 0 aromatic carbocycles. The van der Waals surface area contributed by atoms with Crippen LogP contribution in [0.25, 0.3) is 11.2 Å². The van der Waals surface area contributed by atoms with Crippen LogP contribution in [0.4, 0.5) is 0 Å². The fraction of sp³-hybridized carbons (Fsp3) is 0.615. The monoisotopic (exact) mass is 248 g/mol. The second-order valence-corrected chi connectivity index (χ2v) is 4.41. The van der Waals surface area contributed by atoms with Crippen LogP contribution in [-0.4, -0.2) is 26.5 Å². The minimum absolute atomic E-state index is 0.420. The Balaban J connectivity index is 1.67. The lowest BCUT2D eigenvalue weighted by Gasteiger charge is -2.03. The molecule has 0 atom stereocenters. The fourth-order valence-corrected chi connectivity index (χ4v) is 1.84. The fourth-order valence-electron chi connectivity index (χ4n) is 1.84. The predicted octanol–water partition coefficient (Wildman–Crippen LogP) is 3.09. The Bertz CT molecular complexity index is 469. The van der Waals surface area contributed by atoms with Gasteiger partial charge in [0, 0.05) is 0 Å². The Morgan fingerprint density at radius 3 is 2.83 bits per heavy atom. The Kier molecular flexibility index (Phi) is 4.93. The second kappa shape index (κ2) is 6.93. The minimum Gasteiger partial charge on any atom is -0.463 e. The first-order valence-electron chi connectivity index (χ1n) is 6.69.